The lowest BCUT2D eigenvalue weighted by molar-refractivity contribution is 0.272. The number of pyridine rings is 1. The highest BCUT2D eigenvalue weighted by atomic mass is 32.2. The molecule has 1 saturated heterocycles. The molecule has 134 valence electrons. The fraction of sp³-hybridized carbons (Fsp3) is 0.312. The molecule has 2 aromatic rings. The Morgan fingerprint density at radius 1 is 0.840 bits per heavy atom. The van der Waals surface area contributed by atoms with Crippen LogP contribution in [0.4, 0.5) is 0 Å². The molecule has 9 heteroatoms. The number of aromatic nitrogens is 1. The molecule has 2 heterocycles. The Morgan fingerprint density at radius 3 is 1.92 bits per heavy atom. The van der Waals surface area contributed by atoms with Crippen LogP contribution in [0.15, 0.2) is 58.6 Å². The van der Waals surface area contributed by atoms with Crippen LogP contribution in [0.5, 0.6) is 0 Å². The van der Waals surface area contributed by atoms with Crippen molar-refractivity contribution in [1.82, 2.24) is 13.6 Å². The molecular weight excluding hydrogens is 362 g/mol. The average Bonchev–Trinajstić information content (AvgIpc) is 2.62. The van der Waals surface area contributed by atoms with E-state index in [-0.39, 0.29) is 36.0 Å². The summed E-state index contributed by atoms with van der Waals surface area (Å²) in [7, 11) is -7.27. The van der Waals surface area contributed by atoms with E-state index in [1.165, 1.54) is 27.1 Å². The van der Waals surface area contributed by atoms with Gasteiger partial charge in [-0.1, -0.05) is 12.1 Å². The number of nitrogens with zero attached hydrogens (tertiary/aromatic N) is 3. The molecule has 0 N–H and O–H groups in total. The van der Waals surface area contributed by atoms with Crippen LogP contribution < -0.4 is 0 Å². The number of piperazine rings is 1. The van der Waals surface area contributed by atoms with Crippen molar-refractivity contribution >= 4 is 20.0 Å². The van der Waals surface area contributed by atoms with E-state index in [2.05, 4.69) is 4.98 Å². The Bertz CT molecular complexity index is 952. The number of hydrogen-bond donors (Lipinski definition) is 0. The van der Waals surface area contributed by atoms with Gasteiger partial charge in [-0.05, 0) is 36.8 Å². The van der Waals surface area contributed by atoms with Gasteiger partial charge in [0.25, 0.3) is 0 Å². The molecule has 0 saturated carbocycles. The molecule has 0 amide bonds. The van der Waals surface area contributed by atoms with Gasteiger partial charge in [0.1, 0.15) is 4.90 Å². The lowest BCUT2D eigenvalue weighted by atomic mass is 10.2. The maximum Gasteiger partial charge on any atom is 0.244 e. The molecule has 1 aromatic carbocycles. The molecule has 1 aliphatic rings. The largest absolute Gasteiger partial charge is 0.263 e. The standard InChI is InChI=1S/C16H19N3O4S2/c1-14-4-2-5-15(12-14)24(20,21)18-8-10-19(11-9-18)25(22,23)16-6-3-7-17-13-16/h2-7,12-13H,8-11H2,1H3. The van der Waals surface area contributed by atoms with Crippen molar-refractivity contribution in [2.45, 2.75) is 16.7 Å². The van der Waals surface area contributed by atoms with Gasteiger partial charge < -0.3 is 0 Å². The van der Waals surface area contributed by atoms with Crippen LogP contribution >= 0.6 is 0 Å². The molecule has 1 aliphatic heterocycles. The normalized spacial score (nSPS) is 17.5. The van der Waals surface area contributed by atoms with E-state index >= 15 is 0 Å². The first-order valence-electron chi connectivity index (χ1n) is 7.79. The topological polar surface area (TPSA) is 87.7 Å². The molecule has 0 aliphatic carbocycles. The minimum Gasteiger partial charge on any atom is -0.263 e. The minimum atomic E-state index is -3.65. The number of hydrogen-bond acceptors (Lipinski definition) is 5. The molecule has 0 spiro atoms. The third-order valence-corrected chi connectivity index (χ3v) is 7.87. The van der Waals surface area contributed by atoms with Gasteiger partial charge in [-0.15, -0.1) is 0 Å². The molecular formula is C16H19N3O4S2. The average molecular weight is 381 g/mol. The molecule has 7 nitrogen and oxygen atoms in total. The molecule has 0 unspecified atom stereocenters. The van der Waals surface area contributed by atoms with Gasteiger partial charge >= 0.3 is 0 Å². The predicted molar refractivity (Wildman–Crippen MR) is 92.9 cm³/mol. The summed E-state index contributed by atoms with van der Waals surface area (Å²) < 4.78 is 53.2. The van der Waals surface area contributed by atoms with Crippen LogP contribution in [-0.4, -0.2) is 56.6 Å². The number of sulfonamides is 2. The van der Waals surface area contributed by atoms with Crippen LogP contribution in [0.1, 0.15) is 5.56 Å². The van der Waals surface area contributed by atoms with Crippen molar-refractivity contribution in [2.24, 2.45) is 0 Å². The summed E-state index contributed by atoms with van der Waals surface area (Å²) >= 11 is 0. The Morgan fingerprint density at radius 2 is 1.40 bits per heavy atom. The molecule has 25 heavy (non-hydrogen) atoms. The second kappa shape index (κ2) is 6.83. The Balaban J connectivity index is 1.76. The first kappa shape index (κ1) is 18.0. The van der Waals surface area contributed by atoms with E-state index in [9.17, 15) is 16.8 Å². The van der Waals surface area contributed by atoms with Gasteiger partial charge in [0.15, 0.2) is 0 Å². The summed E-state index contributed by atoms with van der Waals surface area (Å²) in [5, 5.41) is 0. The van der Waals surface area contributed by atoms with Crippen molar-refractivity contribution in [3.05, 3.63) is 54.4 Å². The Hall–Kier alpha value is -1.81. The van der Waals surface area contributed by atoms with E-state index < -0.39 is 20.0 Å². The first-order valence-corrected chi connectivity index (χ1v) is 10.7. The second-order valence-electron chi connectivity index (χ2n) is 5.81. The highest BCUT2D eigenvalue weighted by Gasteiger charge is 2.33. The first-order chi connectivity index (χ1) is 11.8. The van der Waals surface area contributed by atoms with Gasteiger partial charge in [0.05, 0.1) is 4.90 Å². The summed E-state index contributed by atoms with van der Waals surface area (Å²) in [4.78, 5) is 4.18. The lowest BCUT2D eigenvalue weighted by Gasteiger charge is -2.33. The predicted octanol–water partition coefficient (Wildman–Crippen LogP) is 1.09. The highest BCUT2D eigenvalue weighted by Crippen LogP contribution is 2.21. The molecule has 1 fully saturated rings. The summed E-state index contributed by atoms with van der Waals surface area (Å²) in [6.45, 7) is 2.30. The monoisotopic (exact) mass is 381 g/mol. The van der Waals surface area contributed by atoms with Crippen LogP contribution in [0.25, 0.3) is 0 Å². The van der Waals surface area contributed by atoms with E-state index in [0.717, 1.165) is 5.56 Å². The number of rotatable bonds is 4. The Kier molecular flexibility index (Phi) is 4.92. The zero-order chi connectivity index (χ0) is 18.1. The third-order valence-electron chi connectivity index (χ3n) is 4.10. The van der Waals surface area contributed by atoms with Crippen LogP contribution in [-0.2, 0) is 20.0 Å². The lowest BCUT2D eigenvalue weighted by Crippen LogP contribution is -2.50. The van der Waals surface area contributed by atoms with Crippen molar-refractivity contribution < 1.29 is 16.8 Å². The minimum absolute atomic E-state index is 0.113. The number of benzene rings is 1. The summed E-state index contributed by atoms with van der Waals surface area (Å²) in [6.07, 6.45) is 2.80. The molecule has 3 rings (SSSR count). The Labute approximate surface area is 148 Å². The molecule has 0 radical (unpaired) electrons. The molecule has 1 aromatic heterocycles. The maximum atomic E-state index is 12.7. The second-order valence-corrected chi connectivity index (χ2v) is 9.69. The molecule has 0 atom stereocenters. The van der Waals surface area contributed by atoms with Crippen LogP contribution in [0.3, 0.4) is 0 Å². The highest BCUT2D eigenvalue weighted by molar-refractivity contribution is 7.89. The van der Waals surface area contributed by atoms with E-state index in [0.29, 0.717) is 0 Å². The van der Waals surface area contributed by atoms with Crippen LogP contribution in [0, 0.1) is 6.92 Å². The summed E-state index contributed by atoms with van der Waals surface area (Å²) in [6, 6.07) is 9.75. The van der Waals surface area contributed by atoms with Gasteiger partial charge in [-0.2, -0.15) is 8.61 Å². The fourth-order valence-electron chi connectivity index (χ4n) is 2.72. The van der Waals surface area contributed by atoms with Crippen molar-refractivity contribution in [1.29, 1.82) is 0 Å². The summed E-state index contributed by atoms with van der Waals surface area (Å²) in [5.74, 6) is 0. The van der Waals surface area contributed by atoms with Crippen LogP contribution in [0.2, 0.25) is 0 Å². The quantitative estimate of drug-likeness (QED) is 0.791. The van der Waals surface area contributed by atoms with Crippen molar-refractivity contribution in [3.8, 4) is 0 Å². The third kappa shape index (κ3) is 3.59. The zero-order valence-corrected chi connectivity index (χ0v) is 15.4. The maximum absolute atomic E-state index is 12.7. The fourth-order valence-corrected chi connectivity index (χ4v) is 5.64. The van der Waals surface area contributed by atoms with Gasteiger partial charge in [-0.3, -0.25) is 4.98 Å². The van der Waals surface area contributed by atoms with Crippen molar-refractivity contribution in [2.75, 3.05) is 26.2 Å². The molecule has 0 bridgehead atoms. The van der Waals surface area contributed by atoms with Gasteiger partial charge in [-0.25, -0.2) is 16.8 Å². The van der Waals surface area contributed by atoms with Gasteiger partial charge in [0, 0.05) is 38.6 Å². The van der Waals surface area contributed by atoms with E-state index in [1.807, 2.05) is 13.0 Å². The SMILES string of the molecule is Cc1cccc(S(=O)(=O)N2CCN(S(=O)(=O)c3cccnc3)CC2)c1. The zero-order valence-electron chi connectivity index (χ0n) is 13.7. The van der Waals surface area contributed by atoms with E-state index in [1.54, 1.807) is 24.3 Å². The summed E-state index contributed by atoms with van der Waals surface area (Å²) in [5.41, 5.74) is 0.860. The van der Waals surface area contributed by atoms with E-state index in [4.69, 9.17) is 0 Å². The number of aryl methyl sites for hydroxylation is 1. The van der Waals surface area contributed by atoms with Gasteiger partial charge in [0.2, 0.25) is 20.0 Å². The smallest absolute Gasteiger partial charge is 0.244 e. The van der Waals surface area contributed by atoms with Crippen molar-refractivity contribution in [3.63, 3.8) is 0 Å².